The van der Waals surface area contributed by atoms with E-state index in [1.165, 1.54) is 19.1 Å². The summed E-state index contributed by atoms with van der Waals surface area (Å²) in [4.78, 5) is 22.9. The molecule has 0 bridgehead atoms. The molecule has 0 radical (unpaired) electrons. The fraction of sp³-hybridized carbons (Fsp3) is 0.176. The van der Waals surface area contributed by atoms with Crippen molar-refractivity contribution >= 4 is 29.2 Å². The van der Waals surface area contributed by atoms with Crippen LogP contribution in [0.4, 0.5) is 5.69 Å². The van der Waals surface area contributed by atoms with Gasteiger partial charge in [-0.1, -0.05) is 17.7 Å². The van der Waals surface area contributed by atoms with Crippen LogP contribution in [0.5, 0.6) is 5.75 Å². The largest absolute Gasteiger partial charge is 0.546 e. The molecule has 1 N–H and O–H groups in total. The number of rotatable bonds is 5. The molecule has 0 fully saturated rings. The van der Waals surface area contributed by atoms with Crippen LogP contribution in [-0.4, -0.2) is 18.0 Å². The fourth-order valence-electron chi connectivity index (χ4n) is 1.87. The van der Waals surface area contributed by atoms with E-state index in [0.717, 1.165) is 5.56 Å². The summed E-state index contributed by atoms with van der Waals surface area (Å²) in [6.45, 7) is 3.19. The molecule has 0 aliphatic rings. The summed E-state index contributed by atoms with van der Waals surface area (Å²) in [5.74, 6) is -1.25. The number of anilines is 1. The van der Waals surface area contributed by atoms with Gasteiger partial charge < -0.3 is 20.0 Å². The van der Waals surface area contributed by atoms with Crippen LogP contribution in [0.2, 0.25) is 5.02 Å². The monoisotopic (exact) mass is 332 g/mol. The molecule has 2 rings (SSSR count). The number of carbonyl (C=O) groups excluding carboxylic acids is 2. The van der Waals surface area contributed by atoms with Gasteiger partial charge in [0.25, 0.3) is 5.91 Å². The highest BCUT2D eigenvalue weighted by molar-refractivity contribution is 6.31. The minimum Gasteiger partial charge on any atom is -0.546 e. The van der Waals surface area contributed by atoms with Crippen LogP contribution < -0.4 is 15.2 Å². The van der Waals surface area contributed by atoms with E-state index in [1.54, 1.807) is 30.3 Å². The van der Waals surface area contributed by atoms with E-state index in [0.29, 0.717) is 22.0 Å². The summed E-state index contributed by atoms with van der Waals surface area (Å²) in [5.41, 5.74) is 1.83. The molecule has 2 aromatic carbocycles. The Morgan fingerprint density at radius 2 is 1.83 bits per heavy atom. The van der Waals surface area contributed by atoms with E-state index < -0.39 is 12.1 Å². The zero-order valence-corrected chi connectivity index (χ0v) is 13.4. The quantitative estimate of drug-likeness (QED) is 0.912. The Morgan fingerprint density at radius 1 is 1.17 bits per heavy atom. The molecular weight excluding hydrogens is 318 g/mol. The van der Waals surface area contributed by atoms with Crippen LogP contribution in [0.1, 0.15) is 22.8 Å². The fourth-order valence-corrected chi connectivity index (χ4v) is 2.05. The third kappa shape index (κ3) is 4.23. The standard InChI is InChI=1S/C17H16ClNO4/c1-10-14(18)4-3-5-15(10)19-16(20)12-6-8-13(9-7-12)23-11(2)17(21)22/h3-9,11H,1-2H3,(H,19,20)(H,21,22)/p-1/t11-/m1/s1. The molecule has 0 saturated heterocycles. The maximum absolute atomic E-state index is 12.2. The Kier molecular flexibility index (Phi) is 5.24. The summed E-state index contributed by atoms with van der Waals surface area (Å²) < 4.78 is 5.15. The second kappa shape index (κ2) is 7.15. The molecule has 0 unspecified atom stereocenters. The normalized spacial score (nSPS) is 11.6. The van der Waals surface area contributed by atoms with Gasteiger partial charge in [-0.25, -0.2) is 0 Å². The van der Waals surface area contributed by atoms with Crippen molar-refractivity contribution in [2.24, 2.45) is 0 Å². The Morgan fingerprint density at radius 3 is 2.43 bits per heavy atom. The van der Waals surface area contributed by atoms with Crippen molar-refractivity contribution in [3.05, 3.63) is 58.6 Å². The maximum atomic E-state index is 12.2. The van der Waals surface area contributed by atoms with E-state index in [2.05, 4.69) is 5.32 Å². The number of hydrogen-bond donors (Lipinski definition) is 1. The number of halogens is 1. The van der Waals surface area contributed by atoms with Gasteiger partial charge in [-0.3, -0.25) is 4.79 Å². The summed E-state index contributed by atoms with van der Waals surface area (Å²) >= 11 is 6.02. The molecule has 0 heterocycles. The van der Waals surface area contributed by atoms with Gasteiger partial charge in [0.05, 0.1) is 5.97 Å². The average molecular weight is 333 g/mol. The van der Waals surface area contributed by atoms with Crippen molar-refractivity contribution in [1.29, 1.82) is 0 Å². The van der Waals surface area contributed by atoms with Crippen molar-refractivity contribution < 1.29 is 19.4 Å². The van der Waals surface area contributed by atoms with Gasteiger partial charge in [-0.15, -0.1) is 0 Å². The van der Waals surface area contributed by atoms with Crippen molar-refractivity contribution in [1.82, 2.24) is 0 Å². The second-order valence-electron chi connectivity index (χ2n) is 4.97. The highest BCUT2D eigenvalue weighted by Gasteiger charge is 2.10. The SMILES string of the molecule is Cc1c(Cl)cccc1NC(=O)c1ccc(O[C@H](C)C(=O)[O-])cc1. The molecule has 0 spiro atoms. The summed E-state index contributed by atoms with van der Waals surface area (Å²) in [5, 5.41) is 14.0. The van der Waals surface area contributed by atoms with Crippen LogP contribution in [0.25, 0.3) is 0 Å². The molecule has 120 valence electrons. The predicted octanol–water partition coefficient (Wildman–Crippen LogP) is 2.42. The molecule has 23 heavy (non-hydrogen) atoms. The molecule has 0 aromatic heterocycles. The number of benzene rings is 2. The molecule has 5 nitrogen and oxygen atoms in total. The Bertz CT molecular complexity index is 728. The minimum atomic E-state index is -1.30. The molecule has 0 saturated carbocycles. The van der Waals surface area contributed by atoms with Crippen LogP contribution in [0.15, 0.2) is 42.5 Å². The van der Waals surface area contributed by atoms with E-state index in [-0.39, 0.29) is 5.91 Å². The molecule has 0 aliphatic heterocycles. The number of aliphatic carboxylic acids is 1. The topological polar surface area (TPSA) is 78.5 Å². The van der Waals surface area contributed by atoms with Gasteiger partial charge in [0, 0.05) is 16.3 Å². The van der Waals surface area contributed by atoms with Crippen molar-refractivity contribution in [2.45, 2.75) is 20.0 Å². The third-order valence-electron chi connectivity index (χ3n) is 3.28. The number of hydrogen-bond acceptors (Lipinski definition) is 4. The highest BCUT2D eigenvalue weighted by Crippen LogP contribution is 2.23. The number of carbonyl (C=O) groups is 2. The average Bonchev–Trinajstić information content (AvgIpc) is 2.52. The second-order valence-corrected chi connectivity index (χ2v) is 5.38. The van der Waals surface area contributed by atoms with E-state index in [9.17, 15) is 14.7 Å². The van der Waals surface area contributed by atoms with Gasteiger partial charge in [0.15, 0.2) is 0 Å². The van der Waals surface area contributed by atoms with Crippen LogP contribution in [0.3, 0.4) is 0 Å². The number of nitrogens with one attached hydrogen (secondary N) is 1. The van der Waals surface area contributed by atoms with Crippen molar-refractivity contribution in [3.8, 4) is 5.75 Å². The van der Waals surface area contributed by atoms with Crippen LogP contribution in [0, 0.1) is 6.92 Å². The van der Waals surface area contributed by atoms with Gasteiger partial charge >= 0.3 is 0 Å². The number of ether oxygens (including phenoxy) is 1. The molecule has 6 heteroatoms. The zero-order valence-electron chi connectivity index (χ0n) is 12.6. The Hall–Kier alpha value is -2.53. The summed E-state index contributed by atoms with van der Waals surface area (Å²) in [7, 11) is 0. The number of carboxylic acid groups (broad SMARTS) is 1. The number of amides is 1. The van der Waals surface area contributed by atoms with Crippen LogP contribution >= 0.6 is 11.6 Å². The first-order chi connectivity index (χ1) is 10.9. The molecule has 1 atom stereocenters. The van der Waals surface area contributed by atoms with Crippen molar-refractivity contribution in [2.75, 3.05) is 5.32 Å². The third-order valence-corrected chi connectivity index (χ3v) is 3.69. The van der Waals surface area contributed by atoms with Gasteiger partial charge in [0.1, 0.15) is 11.9 Å². The molecular formula is C17H15ClNO4-. The van der Waals surface area contributed by atoms with E-state index in [1.807, 2.05) is 6.92 Å². The molecule has 2 aromatic rings. The number of carboxylic acids is 1. The zero-order chi connectivity index (χ0) is 17.0. The lowest BCUT2D eigenvalue weighted by molar-refractivity contribution is -0.312. The predicted molar refractivity (Wildman–Crippen MR) is 85.7 cm³/mol. The Labute approximate surface area is 138 Å². The van der Waals surface area contributed by atoms with Gasteiger partial charge in [0.2, 0.25) is 0 Å². The first-order valence-corrected chi connectivity index (χ1v) is 7.30. The summed E-state index contributed by atoms with van der Waals surface area (Å²) in [6.07, 6.45) is -1.07. The van der Waals surface area contributed by atoms with E-state index in [4.69, 9.17) is 16.3 Å². The lowest BCUT2D eigenvalue weighted by Gasteiger charge is -2.15. The van der Waals surface area contributed by atoms with Gasteiger partial charge in [-0.05, 0) is 55.8 Å². The summed E-state index contributed by atoms with van der Waals surface area (Å²) in [6, 6.07) is 11.4. The molecule has 0 aliphatic carbocycles. The lowest BCUT2D eigenvalue weighted by Crippen LogP contribution is -2.37. The smallest absolute Gasteiger partial charge is 0.255 e. The van der Waals surface area contributed by atoms with Crippen LogP contribution in [-0.2, 0) is 4.79 Å². The maximum Gasteiger partial charge on any atom is 0.255 e. The molecule has 1 amide bonds. The lowest BCUT2D eigenvalue weighted by atomic mass is 10.1. The Balaban J connectivity index is 2.08. The minimum absolute atomic E-state index is 0.296. The van der Waals surface area contributed by atoms with Gasteiger partial charge in [-0.2, -0.15) is 0 Å². The first kappa shape index (κ1) is 16.8. The first-order valence-electron chi connectivity index (χ1n) is 6.92. The van der Waals surface area contributed by atoms with Crippen molar-refractivity contribution in [3.63, 3.8) is 0 Å². The highest BCUT2D eigenvalue weighted by atomic mass is 35.5. The van der Waals surface area contributed by atoms with E-state index >= 15 is 0 Å².